The number of nitrogens with one attached hydrogen (secondary N) is 1. The van der Waals surface area contributed by atoms with E-state index in [2.05, 4.69) is 11.4 Å². The average Bonchev–Trinajstić information content (AvgIpc) is 3.18. The molecule has 0 saturated heterocycles. The predicted molar refractivity (Wildman–Crippen MR) is 68.8 cm³/mol. The molecule has 1 aromatic carbocycles. The van der Waals surface area contributed by atoms with E-state index in [0.29, 0.717) is 0 Å². The quantitative estimate of drug-likeness (QED) is 0.786. The lowest BCUT2D eigenvalue weighted by Crippen LogP contribution is -2.12. The Kier molecular flexibility index (Phi) is 4.26. The third kappa shape index (κ3) is 3.37. The van der Waals surface area contributed by atoms with Gasteiger partial charge in [-0.25, -0.2) is 0 Å². The maximum absolute atomic E-state index is 5.93. The van der Waals surface area contributed by atoms with Gasteiger partial charge in [0.2, 0.25) is 0 Å². The van der Waals surface area contributed by atoms with Gasteiger partial charge in [-0.2, -0.15) is 0 Å². The van der Waals surface area contributed by atoms with Crippen LogP contribution < -0.4 is 14.8 Å². The summed E-state index contributed by atoms with van der Waals surface area (Å²) in [4.78, 5) is 0. The Morgan fingerprint density at radius 1 is 1.35 bits per heavy atom. The van der Waals surface area contributed by atoms with Crippen molar-refractivity contribution < 1.29 is 9.47 Å². The molecule has 2 rings (SSSR count). The topological polar surface area (TPSA) is 30.5 Å². The fraction of sp³-hybridized carbons (Fsp3) is 0.571. The SMILES string of the molecule is CNCCc1cccc(OC)c1OCC1CC1. The summed E-state index contributed by atoms with van der Waals surface area (Å²) >= 11 is 0. The van der Waals surface area contributed by atoms with E-state index in [1.54, 1.807) is 7.11 Å². The van der Waals surface area contributed by atoms with Crippen molar-refractivity contribution in [2.24, 2.45) is 5.92 Å². The van der Waals surface area contributed by atoms with Gasteiger partial charge in [0.1, 0.15) is 0 Å². The molecule has 17 heavy (non-hydrogen) atoms. The predicted octanol–water partition coefficient (Wildman–Crippen LogP) is 2.25. The van der Waals surface area contributed by atoms with Crippen LogP contribution in [0.25, 0.3) is 0 Å². The minimum Gasteiger partial charge on any atom is -0.493 e. The Balaban J connectivity index is 2.09. The summed E-state index contributed by atoms with van der Waals surface area (Å²) in [5.74, 6) is 2.54. The average molecular weight is 235 g/mol. The minimum absolute atomic E-state index is 0.761. The molecule has 0 aromatic heterocycles. The standard InChI is InChI=1S/C14H21NO2/c1-15-9-8-12-4-3-5-13(16-2)14(12)17-10-11-6-7-11/h3-5,11,15H,6-10H2,1-2H3. The summed E-state index contributed by atoms with van der Waals surface area (Å²) in [5.41, 5.74) is 1.22. The van der Waals surface area contributed by atoms with E-state index in [9.17, 15) is 0 Å². The normalized spacial score (nSPS) is 14.7. The smallest absolute Gasteiger partial charge is 0.164 e. The van der Waals surface area contributed by atoms with E-state index in [1.165, 1.54) is 18.4 Å². The summed E-state index contributed by atoms with van der Waals surface area (Å²) in [5, 5.41) is 3.16. The molecule has 0 unspecified atom stereocenters. The van der Waals surface area contributed by atoms with Crippen LogP contribution in [0.3, 0.4) is 0 Å². The van der Waals surface area contributed by atoms with Gasteiger partial charge in [-0.1, -0.05) is 12.1 Å². The Labute approximate surface area is 103 Å². The molecule has 1 saturated carbocycles. The van der Waals surface area contributed by atoms with Crippen molar-refractivity contribution in [2.45, 2.75) is 19.3 Å². The molecule has 1 N–H and O–H groups in total. The molecule has 1 fully saturated rings. The van der Waals surface area contributed by atoms with Crippen molar-refractivity contribution in [3.8, 4) is 11.5 Å². The number of hydrogen-bond acceptors (Lipinski definition) is 3. The summed E-state index contributed by atoms with van der Waals surface area (Å²) in [6.07, 6.45) is 3.58. The lowest BCUT2D eigenvalue weighted by molar-refractivity contribution is 0.277. The van der Waals surface area contributed by atoms with Crippen molar-refractivity contribution in [3.63, 3.8) is 0 Å². The highest BCUT2D eigenvalue weighted by molar-refractivity contribution is 5.46. The number of benzene rings is 1. The molecule has 0 spiro atoms. The third-order valence-corrected chi connectivity index (χ3v) is 3.09. The van der Waals surface area contributed by atoms with E-state index >= 15 is 0 Å². The highest BCUT2D eigenvalue weighted by atomic mass is 16.5. The molecule has 94 valence electrons. The van der Waals surface area contributed by atoms with Gasteiger partial charge < -0.3 is 14.8 Å². The van der Waals surface area contributed by atoms with Gasteiger partial charge in [0.15, 0.2) is 11.5 Å². The van der Waals surface area contributed by atoms with Crippen LogP contribution in [0.4, 0.5) is 0 Å². The Morgan fingerprint density at radius 3 is 2.82 bits per heavy atom. The molecule has 1 aromatic rings. The minimum atomic E-state index is 0.761. The van der Waals surface area contributed by atoms with E-state index in [-0.39, 0.29) is 0 Å². The first kappa shape index (κ1) is 12.2. The van der Waals surface area contributed by atoms with Gasteiger partial charge in [-0.15, -0.1) is 0 Å². The molecule has 1 aliphatic carbocycles. The van der Waals surface area contributed by atoms with Crippen LogP contribution >= 0.6 is 0 Å². The van der Waals surface area contributed by atoms with E-state index in [1.807, 2.05) is 19.2 Å². The molecule has 0 atom stereocenters. The van der Waals surface area contributed by atoms with Gasteiger partial charge in [0, 0.05) is 0 Å². The molecule has 0 amide bonds. The van der Waals surface area contributed by atoms with Crippen LogP contribution in [-0.4, -0.2) is 27.3 Å². The summed E-state index contributed by atoms with van der Waals surface area (Å²) in [6, 6.07) is 6.10. The molecule has 1 aliphatic rings. The van der Waals surface area contributed by atoms with E-state index in [0.717, 1.165) is 37.0 Å². The Morgan fingerprint density at radius 2 is 2.18 bits per heavy atom. The fourth-order valence-corrected chi connectivity index (χ4v) is 1.83. The highest BCUT2D eigenvalue weighted by Crippen LogP contribution is 2.35. The molecule has 0 bridgehead atoms. The van der Waals surface area contributed by atoms with Crippen LogP contribution in [0.1, 0.15) is 18.4 Å². The third-order valence-electron chi connectivity index (χ3n) is 3.09. The largest absolute Gasteiger partial charge is 0.493 e. The van der Waals surface area contributed by atoms with Crippen LogP contribution in [0, 0.1) is 5.92 Å². The van der Waals surface area contributed by atoms with Crippen molar-refractivity contribution in [2.75, 3.05) is 27.3 Å². The number of rotatable bonds is 7. The molecule has 0 radical (unpaired) electrons. The summed E-state index contributed by atoms with van der Waals surface area (Å²) in [7, 11) is 3.66. The molecule has 3 heteroatoms. The zero-order valence-electron chi connectivity index (χ0n) is 10.7. The second-order valence-electron chi connectivity index (χ2n) is 4.56. The van der Waals surface area contributed by atoms with Crippen LogP contribution in [0.2, 0.25) is 0 Å². The van der Waals surface area contributed by atoms with Crippen LogP contribution in [0.15, 0.2) is 18.2 Å². The molecular weight excluding hydrogens is 214 g/mol. The molecule has 0 heterocycles. The van der Waals surface area contributed by atoms with Gasteiger partial charge in [-0.3, -0.25) is 0 Å². The summed E-state index contributed by atoms with van der Waals surface area (Å²) < 4.78 is 11.3. The second kappa shape index (κ2) is 5.92. The summed E-state index contributed by atoms with van der Waals surface area (Å²) in [6.45, 7) is 1.78. The number of hydrogen-bond donors (Lipinski definition) is 1. The Bertz CT molecular complexity index is 361. The van der Waals surface area contributed by atoms with Crippen molar-refractivity contribution >= 4 is 0 Å². The lowest BCUT2D eigenvalue weighted by atomic mass is 10.1. The van der Waals surface area contributed by atoms with Gasteiger partial charge in [-0.05, 0) is 50.4 Å². The van der Waals surface area contributed by atoms with E-state index in [4.69, 9.17) is 9.47 Å². The molecule has 0 aliphatic heterocycles. The maximum Gasteiger partial charge on any atom is 0.164 e. The monoisotopic (exact) mass is 235 g/mol. The van der Waals surface area contributed by atoms with Gasteiger partial charge >= 0.3 is 0 Å². The number of likely N-dealkylation sites (N-methyl/N-ethyl adjacent to an activating group) is 1. The number of methoxy groups -OCH3 is 1. The number of ether oxygens (including phenoxy) is 2. The van der Waals surface area contributed by atoms with Crippen LogP contribution in [0.5, 0.6) is 11.5 Å². The van der Waals surface area contributed by atoms with Crippen LogP contribution in [-0.2, 0) is 6.42 Å². The van der Waals surface area contributed by atoms with Gasteiger partial charge in [0.25, 0.3) is 0 Å². The van der Waals surface area contributed by atoms with Crippen molar-refractivity contribution in [3.05, 3.63) is 23.8 Å². The van der Waals surface area contributed by atoms with Gasteiger partial charge in [0.05, 0.1) is 13.7 Å². The second-order valence-corrected chi connectivity index (χ2v) is 4.56. The first-order chi connectivity index (χ1) is 8.35. The Hall–Kier alpha value is -1.22. The zero-order chi connectivity index (χ0) is 12.1. The molecule has 3 nitrogen and oxygen atoms in total. The zero-order valence-corrected chi connectivity index (χ0v) is 10.7. The maximum atomic E-state index is 5.93. The van der Waals surface area contributed by atoms with E-state index < -0.39 is 0 Å². The van der Waals surface area contributed by atoms with Crippen molar-refractivity contribution in [1.82, 2.24) is 5.32 Å². The van der Waals surface area contributed by atoms with Crippen molar-refractivity contribution in [1.29, 1.82) is 0 Å². The molecular formula is C14H21NO2. The number of para-hydroxylation sites is 1. The fourth-order valence-electron chi connectivity index (χ4n) is 1.83. The lowest BCUT2D eigenvalue weighted by Gasteiger charge is -2.14. The first-order valence-corrected chi connectivity index (χ1v) is 6.28. The first-order valence-electron chi connectivity index (χ1n) is 6.28. The highest BCUT2D eigenvalue weighted by Gasteiger charge is 2.23.